The Morgan fingerprint density at radius 3 is 1.55 bits per heavy atom. The summed E-state index contributed by atoms with van der Waals surface area (Å²) in [7, 11) is 0. The number of phenols is 1. The van der Waals surface area contributed by atoms with E-state index in [9.17, 15) is 44.1 Å². The molecule has 7 aliphatic rings. The monoisotopic (exact) mass is 849 g/mol. The van der Waals surface area contributed by atoms with Gasteiger partial charge in [0, 0.05) is 47.5 Å². The molecule has 4 bridgehead atoms. The molecule has 3 aromatic carbocycles. The van der Waals surface area contributed by atoms with Gasteiger partial charge in [-0.05, 0) is 105 Å². The first-order valence-electron chi connectivity index (χ1n) is 21.3. The van der Waals surface area contributed by atoms with Crippen molar-refractivity contribution >= 4 is 41.5 Å². The van der Waals surface area contributed by atoms with E-state index in [4.69, 9.17) is 11.5 Å². The smallest absolute Gasteiger partial charge is 0.411 e. The van der Waals surface area contributed by atoms with Crippen molar-refractivity contribution in [3.8, 4) is 5.75 Å². The van der Waals surface area contributed by atoms with Crippen LogP contribution in [0.3, 0.4) is 0 Å². The van der Waals surface area contributed by atoms with E-state index in [2.05, 4.69) is 39.2 Å². The summed E-state index contributed by atoms with van der Waals surface area (Å²) in [6, 6.07) is 20.3. The third-order valence-electron chi connectivity index (χ3n) is 15.7. The van der Waals surface area contributed by atoms with Gasteiger partial charge >= 0.3 is 12.2 Å². The standard InChI is InChI=1S/C46H55N7O9/c1-26-23-34(33-7-5-21-51(33)45(38(57)49-40(59)60)29-13-9-27(10-14-29)42(45,2)24-36(47)55)53(31-17-19-32(54)20-18-31)44(26,4)35-8-6-22-52(35)46(39(58)50-41(61)62)30-15-11-28(12-16-30)43(46,3)25-37(48)56/h9-20,26,33-35,54H,5-8,21-25H2,1-4H3,(H2,47,55)(H2,48,56)(H,49,57)(H,50,58)(H,59,60)(H,61,62)/t26?,33?,34-,35?,42?,43?,44-,45-,46-/m1/s1. The molecule has 0 radical (unpaired) electrons. The Hall–Kier alpha value is -6.00. The number of nitrogens with zero attached hydrogens (tertiary/aromatic N) is 3. The molecule has 3 heterocycles. The quantitative estimate of drug-likeness (QED) is 0.145. The molecule has 10 rings (SSSR count). The van der Waals surface area contributed by atoms with Crippen LogP contribution in [0, 0.1) is 5.92 Å². The zero-order chi connectivity index (χ0) is 44.7. The van der Waals surface area contributed by atoms with Crippen molar-refractivity contribution in [2.75, 3.05) is 18.0 Å². The highest BCUT2D eigenvalue weighted by atomic mass is 16.4. The number of anilines is 1. The minimum Gasteiger partial charge on any atom is -0.508 e. The van der Waals surface area contributed by atoms with Crippen molar-refractivity contribution < 1.29 is 44.1 Å². The van der Waals surface area contributed by atoms with Gasteiger partial charge in [0.25, 0.3) is 11.8 Å². The van der Waals surface area contributed by atoms with Crippen molar-refractivity contribution in [3.05, 3.63) is 95.1 Å². The number of carboxylic acid groups (broad SMARTS) is 2. The number of fused-ring (bicyclic) bond motifs is 6. The molecular weight excluding hydrogens is 795 g/mol. The molecule has 6 amide bonds. The number of hydrogen-bond donors (Lipinski definition) is 7. The molecule has 3 saturated heterocycles. The number of likely N-dealkylation sites (tertiary alicyclic amines) is 2. The van der Waals surface area contributed by atoms with E-state index in [1.54, 1.807) is 26.0 Å². The van der Waals surface area contributed by atoms with Crippen molar-refractivity contribution in [2.24, 2.45) is 17.4 Å². The van der Waals surface area contributed by atoms with Gasteiger partial charge in [0.05, 0.1) is 5.54 Å². The molecule has 3 aromatic rings. The van der Waals surface area contributed by atoms with Crippen LogP contribution in [-0.2, 0) is 41.1 Å². The van der Waals surface area contributed by atoms with Gasteiger partial charge in [-0.1, -0.05) is 69.3 Å². The van der Waals surface area contributed by atoms with E-state index in [1.807, 2.05) is 60.7 Å². The zero-order valence-corrected chi connectivity index (χ0v) is 35.4. The maximum atomic E-state index is 14.9. The van der Waals surface area contributed by atoms with Crippen LogP contribution in [0.2, 0.25) is 0 Å². The second-order valence-electron chi connectivity index (χ2n) is 18.6. The predicted molar refractivity (Wildman–Crippen MR) is 227 cm³/mol. The number of benzene rings is 3. The summed E-state index contributed by atoms with van der Waals surface area (Å²) in [4.78, 5) is 87.1. The average molecular weight is 850 g/mol. The Balaban J connectivity index is 1.31. The Kier molecular flexibility index (Phi) is 10.2. The van der Waals surface area contributed by atoms with Gasteiger partial charge in [0.2, 0.25) is 11.8 Å². The van der Waals surface area contributed by atoms with Crippen LogP contribution in [0.4, 0.5) is 15.3 Å². The first-order valence-corrected chi connectivity index (χ1v) is 21.3. The maximum absolute atomic E-state index is 14.9. The number of primary amides is 2. The van der Waals surface area contributed by atoms with Crippen LogP contribution in [0.25, 0.3) is 0 Å². The minimum atomic E-state index is -1.68. The number of nitrogens with two attached hydrogens (primary N) is 2. The highest BCUT2D eigenvalue weighted by Crippen LogP contribution is 2.61. The molecule has 62 heavy (non-hydrogen) atoms. The lowest BCUT2D eigenvalue weighted by molar-refractivity contribution is -0.145. The lowest BCUT2D eigenvalue weighted by Crippen LogP contribution is -2.74. The fourth-order valence-corrected chi connectivity index (χ4v) is 13.3. The van der Waals surface area contributed by atoms with Crippen LogP contribution >= 0.6 is 0 Å². The molecule has 16 heteroatoms. The van der Waals surface area contributed by atoms with Crippen molar-refractivity contribution in [2.45, 2.75) is 118 Å². The first-order chi connectivity index (χ1) is 29.3. The van der Waals surface area contributed by atoms with Gasteiger partial charge in [-0.25, -0.2) is 9.59 Å². The maximum Gasteiger partial charge on any atom is 0.411 e. The molecule has 0 spiro atoms. The molecular formula is C46H55N7O9. The van der Waals surface area contributed by atoms with Crippen LogP contribution in [-0.4, -0.2) is 97.7 Å². The lowest BCUT2D eigenvalue weighted by atomic mass is 9.56. The number of aromatic hydroxyl groups is 1. The summed E-state index contributed by atoms with van der Waals surface area (Å²) in [6.07, 6.45) is -0.470. The third-order valence-corrected chi connectivity index (χ3v) is 15.7. The summed E-state index contributed by atoms with van der Waals surface area (Å²) < 4.78 is 0. The first kappa shape index (κ1) is 42.7. The second kappa shape index (κ2) is 14.8. The van der Waals surface area contributed by atoms with Gasteiger partial charge in [-0.15, -0.1) is 0 Å². The molecule has 328 valence electrons. The van der Waals surface area contributed by atoms with Crippen LogP contribution < -0.4 is 27.0 Å². The van der Waals surface area contributed by atoms with Gasteiger partial charge in [0.1, 0.15) is 16.8 Å². The second-order valence-corrected chi connectivity index (χ2v) is 18.6. The largest absolute Gasteiger partial charge is 0.508 e. The summed E-state index contributed by atoms with van der Waals surface area (Å²) in [6.45, 7) is 8.67. The Labute approximate surface area is 359 Å². The molecule has 3 fully saturated rings. The van der Waals surface area contributed by atoms with Gasteiger partial charge in [-0.2, -0.15) is 0 Å². The summed E-state index contributed by atoms with van der Waals surface area (Å²) in [5, 5.41) is 35.1. The van der Waals surface area contributed by atoms with Gasteiger partial charge in [0.15, 0.2) is 0 Å². The fourth-order valence-electron chi connectivity index (χ4n) is 13.3. The van der Waals surface area contributed by atoms with Crippen LogP contribution in [0.1, 0.15) is 94.9 Å². The van der Waals surface area contributed by atoms with Crippen LogP contribution in [0.5, 0.6) is 5.75 Å². The molecule has 5 unspecified atom stereocenters. The zero-order valence-electron chi connectivity index (χ0n) is 35.4. The highest BCUT2D eigenvalue weighted by Gasteiger charge is 2.70. The van der Waals surface area contributed by atoms with Crippen LogP contribution in [0.15, 0.2) is 72.8 Å². The normalized spacial score (nSPS) is 33.7. The third kappa shape index (κ3) is 5.78. The highest BCUT2D eigenvalue weighted by molar-refractivity contribution is 6.01. The minimum absolute atomic E-state index is 0.0534. The average Bonchev–Trinajstić information content (AvgIpc) is 3.94. The molecule has 3 aliphatic heterocycles. The van der Waals surface area contributed by atoms with E-state index in [0.29, 0.717) is 67.4 Å². The van der Waals surface area contributed by atoms with E-state index >= 15 is 0 Å². The number of imide groups is 2. The molecule has 0 aromatic heterocycles. The van der Waals surface area contributed by atoms with E-state index in [1.165, 1.54) is 0 Å². The van der Waals surface area contributed by atoms with Gasteiger partial charge < -0.3 is 31.7 Å². The number of rotatable bonds is 11. The lowest BCUT2D eigenvalue weighted by Gasteiger charge is -2.60. The number of hydrogen-bond acceptors (Lipinski definition) is 10. The number of phenolic OH excluding ortho intramolecular Hbond substituents is 1. The Morgan fingerprint density at radius 2 is 1.08 bits per heavy atom. The molecule has 9 N–H and O–H groups in total. The Bertz CT molecular complexity index is 2340. The summed E-state index contributed by atoms with van der Waals surface area (Å²) in [5.41, 5.74) is 8.36. The SMILES string of the molecule is CC1C[C@H](C2CCCN2[C@@]2(C(=O)NC(=O)O)c3ccc(cc3)C2(C)CC(N)=O)N(c2ccc(O)cc2)[C@@]1(C)C1CCCN1[C@@]1(C(=O)NC(=O)O)c2ccc(cc2)C1(C)CC(N)=O. The number of carbonyl (C=O) groups is 6. The van der Waals surface area contributed by atoms with E-state index in [0.717, 1.165) is 5.69 Å². The molecule has 9 atom stereocenters. The van der Waals surface area contributed by atoms with Crippen molar-refractivity contribution in [1.29, 1.82) is 0 Å². The van der Waals surface area contributed by atoms with Crippen molar-refractivity contribution in [1.82, 2.24) is 20.4 Å². The number of nitrogens with one attached hydrogen (secondary N) is 2. The number of carbonyl (C=O) groups excluding carboxylic acids is 4. The molecule has 4 aliphatic carbocycles. The topological polar surface area (TPSA) is 249 Å². The number of amides is 6. The van der Waals surface area contributed by atoms with Gasteiger partial charge in [-0.3, -0.25) is 39.6 Å². The van der Waals surface area contributed by atoms with E-state index in [-0.39, 0.29) is 30.6 Å². The molecule has 0 saturated carbocycles. The van der Waals surface area contributed by atoms with E-state index < -0.39 is 75.3 Å². The molecule has 16 nitrogen and oxygen atoms in total. The fraction of sp³-hybridized carbons (Fsp3) is 0.478. The predicted octanol–water partition coefficient (Wildman–Crippen LogP) is 3.97. The summed E-state index contributed by atoms with van der Waals surface area (Å²) in [5.74, 6) is -2.93. The summed E-state index contributed by atoms with van der Waals surface area (Å²) >= 11 is 0. The van der Waals surface area contributed by atoms with Crippen molar-refractivity contribution in [3.63, 3.8) is 0 Å². The Morgan fingerprint density at radius 1 is 0.645 bits per heavy atom.